The van der Waals surface area contributed by atoms with Crippen LogP contribution in [0.5, 0.6) is 0 Å². The minimum Gasteiger partial charge on any atom is -0.235 e. The minimum atomic E-state index is 0.0141. The second kappa shape index (κ2) is 9.03. The van der Waals surface area contributed by atoms with Crippen LogP contribution in [0.4, 0.5) is 0 Å². The van der Waals surface area contributed by atoms with Gasteiger partial charge in [-0.25, -0.2) is 9.97 Å². The van der Waals surface area contributed by atoms with Gasteiger partial charge in [0.2, 0.25) is 0 Å². The molecule has 2 nitrogen and oxygen atoms in total. The molecule has 0 bridgehead atoms. The summed E-state index contributed by atoms with van der Waals surface area (Å²) in [4.78, 5) is 11.4. The van der Waals surface area contributed by atoms with Gasteiger partial charge in [-0.05, 0) is 103 Å². The van der Waals surface area contributed by atoms with E-state index >= 15 is 0 Å². The Balaban J connectivity index is 1.57. The number of aromatic nitrogens is 2. The van der Waals surface area contributed by atoms with Gasteiger partial charge >= 0.3 is 0 Å². The van der Waals surface area contributed by atoms with Gasteiger partial charge in [0.05, 0.1) is 15.9 Å². The average Bonchev–Trinajstić information content (AvgIpc) is 3.42. The van der Waals surface area contributed by atoms with Crippen molar-refractivity contribution in [2.45, 2.75) is 123 Å². The first-order valence-corrected chi connectivity index (χ1v) is 17.2. The normalized spacial score (nSPS) is 19.5. The molecule has 0 spiro atoms. The van der Waals surface area contributed by atoms with Crippen LogP contribution in [0.2, 0.25) is 0 Å². The maximum atomic E-state index is 5.00. The standard InChI is InChI=1S/C41H48N2S/c1-23-33-36(34(43-22-42-33)25-17-24-15-13-14-16-26(24)27(18-25)37(2,3)4)44-35(23)30-31-28(38(5,6)20-40(31,9)10)19-29-32(30)41(11,12)21-39(29,7)8/h13-19,22H,20-21H2,1-12H3. The topological polar surface area (TPSA) is 25.8 Å². The monoisotopic (exact) mass is 600 g/mol. The molecule has 3 aromatic carbocycles. The van der Waals surface area contributed by atoms with Gasteiger partial charge in [-0.3, -0.25) is 0 Å². The Morgan fingerprint density at radius 2 is 1.32 bits per heavy atom. The SMILES string of the molecule is Cc1c(-c2c3c(cc4c2C(C)(C)CC4(C)C)C(C)(C)CC3(C)C)sc2c(-c3cc(C(C)(C)C)c4ccccc4c3)ncnc12. The van der Waals surface area contributed by atoms with Gasteiger partial charge in [-0.15, -0.1) is 11.3 Å². The van der Waals surface area contributed by atoms with Gasteiger partial charge in [0.1, 0.15) is 6.33 Å². The summed E-state index contributed by atoms with van der Waals surface area (Å²) >= 11 is 1.93. The molecule has 44 heavy (non-hydrogen) atoms. The van der Waals surface area contributed by atoms with Crippen molar-refractivity contribution in [1.82, 2.24) is 9.97 Å². The van der Waals surface area contributed by atoms with Crippen molar-refractivity contribution in [2.24, 2.45) is 0 Å². The summed E-state index contributed by atoms with van der Waals surface area (Å²) in [6.45, 7) is 28.9. The Labute approximate surface area is 268 Å². The molecule has 2 aromatic heterocycles. The summed E-state index contributed by atoms with van der Waals surface area (Å²) in [5.74, 6) is 0. The fraction of sp³-hybridized carbons (Fsp3) is 0.463. The van der Waals surface area contributed by atoms with Crippen molar-refractivity contribution in [3.8, 4) is 21.7 Å². The van der Waals surface area contributed by atoms with Crippen LogP contribution in [0.15, 0.2) is 48.8 Å². The lowest BCUT2D eigenvalue weighted by Gasteiger charge is -2.29. The molecule has 0 saturated heterocycles. The molecule has 2 heterocycles. The third kappa shape index (κ3) is 4.17. The highest BCUT2D eigenvalue weighted by Gasteiger charge is 2.51. The quantitative estimate of drug-likeness (QED) is 0.201. The van der Waals surface area contributed by atoms with Gasteiger partial charge in [0.25, 0.3) is 0 Å². The van der Waals surface area contributed by atoms with Crippen LogP contribution in [-0.4, -0.2) is 9.97 Å². The molecular formula is C41H48N2S. The van der Waals surface area contributed by atoms with Crippen molar-refractivity contribution < 1.29 is 0 Å². The fourth-order valence-corrected chi connectivity index (χ4v) is 10.8. The van der Waals surface area contributed by atoms with E-state index in [-0.39, 0.29) is 27.1 Å². The molecule has 228 valence electrons. The second-order valence-electron chi connectivity index (χ2n) is 17.4. The van der Waals surface area contributed by atoms with E-state index in [0.717, 1.165) is 24.1 Å². The van der Waals surface area contributed by atoms with Crippen LogP contribution in [0, 0.1) is 6.92 Å². The van der Waals surface area contributed by atoms with Gasteiger partial charge in [0.15, 0.2) is 0 Å². The number of thiophene rings is 1. The van der Waals surface area contributed by atoms with Crippen LogP contribution in [-0.2, 0) is 27.1 Å². The van der Waals surface area contributed by atoms with Gasteiger partial charge in [-0.2, -0.15) is 0 Å². The summed E-state index contributed by atoms with van der Waals surface area (Å²) in [5, 5.41) is 2.59. The molecule has 0 unspecified atom stereocenters. The minimum absolute atomic E-state index is 0.0141. The van der Waals surface area contributed by atoms with E-state index in [1.807, 2.05) is 11.3 Å². The number of rotatable bonds is 2. The predicted molar refractivity (Wildman–Crippen MR) is 191 cm³/mol. The van der Waals surface area contributed by atoms with Crippen LogP contribution >= 0.6 is 11.3 Å². The summed E-state index contributed by atoms with van der Waals surface area (Å²) in [7, 11) is 0. The van der Waals surface area contributed by atoms with Crippen molar-refractivity contribution in [3.05, 3.63) is 82.2 Å². The highest BCUT2D eigenvalue weighted by molar-refractivity contribution is 7.23. The van der Waals surface area contributed by atoms with E-state index in [4.69, 9.17) is 9.97 Å². The summed E-state index contributed by atoms with van der Waals surface area (Å²) in [5.41, 5.74) is 14.2. The maximum Gasteiger partial charge on any atom is 0.116 e. The Morgan fingerprint density at radius 1 is 0.727 bits per heavy atom. The molecule has 0 fully saturated rings. The number of nitrogens with zero attached hydrogens (tertiary/aromatic N) is 2. The smallest absolute Gasteiger partial charge is 0.116 e. The van der Waals surface area contributed by atoms with Crippen molar-refractivity contribution in [1.29, 1.82) is 0 Å². The number of aryl methyl sites for hydroxylation is 1. The number of hydrogen-bond acceptors (Lipinski definition) is 3. The average molecular weight is 601 g/mol. The summed E-state index contributed by atoms with van der Waals surface area (Å²) in [6, 6.07) is 16.1. The molecule has 0 N–H and O–H groups in total. The first-order chi connectivity index (χ1) is 20.3. The molecule has 3 heteroatoms. The molecule has 2 aliphatic rings. The Hall–Kier alpha value is -3.04. The molecule has 0 aliphatic heterocycles. The second-order valence-corrected chi connectivity index (χ2v) is 18.5. The van der Waals surface area contributed by atoms with E-state index in [0.29, 0.717) is 0 Å². The Kier molecular flexibility index (Phi) is 6.09. The predicted octanol–water partition coefficient (Wildman–Crippen LogP) is 11.7. The molecule has 0 atom stereocenters. The van der Waals surface area contributed by atoms with E-state index < -0.39 is 0 Å². The molecule has 5 aromatic rings. The zero-order valence-electron chi connectivity index (χ0n) is 28.8. The lowest BCUT2D eigenvalue weighted by Crippen LogP contribution is -2.20. The highest BCUT2D eigenvalue weighted by Crippen LogP contribution is 2.62. The van der Waals surface area contributed by atoms with Crippen LogP contribution in [0.1, 0.15) is 122 Å². The van der Waals surface area contributed by atoms with Crippen molar-refractivity contribution >= 4 is 32.3 Å². The third-order valence-electron chi connectivity index (χ3n) is 10.8. The van der Waals surface area contributed by atoms with E-state index in [9.17, 15) is 0 Å². The molecular weight excluding hydrogens is 553 g/mol. The molecule has 2 aliphatic carbocycles. The van der Waals surface area contributed by atoms with E-state index in [1.165, 1.54) is 42.6 Å². The van der Waals surface area contributed by atoms with Crippen LogP contribution in [0.3, 0.4) is 0 Å². The largest absolute Gasteiger partial charge is 0.235 e. The molecule has 0 saturated carbocycles. The first kappa shape index (κ1) is 29.7. The number of hydrogen-bond donors (Lipinski definition) is 0. The molecule has 0 radical (unpaired) electrons. The Bertz CT molecular complexity index is 1960. The summed E-state index contributed by atoms with van der Waals surface area (Å²) in [6.07, 6.45) is 4.11. The lowest BCUT2D eigenvalue weighted by molar-refractivity contribution is 0.396. The number of fused-ring (bicyclic) bond motifs is 4. The highest BCUT2D eigenvalue weighted by atomic mass is 32.1. The zero-order valence-corrected chi connectivity index (χ0v) is 29.7. The van der Waals surface area contributed by atoms with Gasteiger partial charge in [-0.1, -0.05) is 106 Å². The van der Waals surface area contributed by atoms with Gasteiger partial charge in [0, 0.05) is 16.0 Å². The lowest BCUT2D eigenvalue weighted by atomic mass is 9.75. The first-order valence-electron chi connectivity index (χ1n) is 16.3. The van der Waals surface area contributed by atoms with Crippen LogP contribution < -0.4 is 0 Å². The number of benzene rings is 3. The zero-order chi connectivity index (χ0) is 31.8. The molecule has 7 rings (SSSR count). The Morgan fingerprint density at radius 3 is 1.91 bits per heavy atom. The van der Waals surface area contributed by atoms with Crippen molar-refractivity contribution in [2.75, 3.05) is 0 Å². The fourth-order valence-electron chi connectivity index (χ4n) is 9.50. The summed E-state index contributed by atoms with van der Waals surface area (Å²) < 4.78 is 1.20. The van der Waals surface area contributed by atoms with E-state index in [2.05, 4.69) is 126 Å². The van der Waals surface area contributed by atoms with Gasteiger partial charge < -0.3 is 0 Å². The maximum absolute atomic E-state index is 5.00. The third-order valence-corrected chi connectivity index (χ3v) is 12.1. The van der Waals surface area contributed by atoms with Crippen molar-refractivity contribution in [3.63, 3.8) is 0 Å². The van der Waals surface area contributed by atoms with Crippen LogP contribution in [0.25, 0.3) is 42.7 Å². The molecule has 0 amide bonds. The van der Waals surface area contributed by atoms with E-state index in [1.54, 1.807) is 28.6 Å².